The number of imidazole rings is 1. The molecule has 0 spiro atoms. The molecule has 0 aliphatic carbocycles. The Bertz CT molecular complexity index is 1600. The van der Waals surface area contributed by atoms with Crippen LogP contribution in [0, 0.1) is 17.6 Å². The number of guanidine groups is 1. The Kier molecular flexibility index (Phi) is 7.72. The first-order chi connectivity index (χ1) is 20.7. The standard InChI is InChI=1S/C31H35F2N7O3/c1-5-38-30(42)26-28(40-17-25(18(2)3)35-31(38)40)39(15-19-8-9-22(32)23(33)13-19)27(36-26)20-10-11-34-24(14-20)29(41)37-12-6-7-21(16-37)43-4/h8-11,13-14,18,21,25H,5-7,12,15-17H2,1-4H3/t21?,25-/m0/s1. The zero-order valence-electron chi connectivity index (χ0n) is 24.8. The van der Waals surface area contributed by atoms with Crippen LogP contribution in [0.25, 0.3) is 11.4 Å². The summed E-state index contributed by atoms with van der Waals surface area (Å²) >= 11 is 0. The van der Waals surface area contributed by atoms with Crippen LogP contribution >= 0.6 is 0 Å². The van der Waals surface area contributed by atoms with E-state index in [1.54, 1.807) is 35.2 Å². The average Bonchev–Trinajstić information content (AvgIpc) is 3.62. The molecule has 0 bridgehead atoms. The number of amides is 2. The number of hydrogen-bond acceptors (Lipinski definition) is 7. The Morgan fingerprint density at radius 3 is 2.67 bits per heavy atom. The lowest BCUT2D eigenvalue weighted by molar-refractivity contribution is 0.0266. The number of aliphatic imine (C=N–C) groups is 1. The first-order valence-corrected chi connectivity index (χ1v) is 14.7. The smallest absolute Gasteiger partial charge is 0.283 e. The SMILES string of the molecule is CCN1C(=O)c2nc(-c3ccnc(C(=O)N4CCCC(OC)C4)c3)n(Cc3ccc(F)c(F)c3)c2N2C[C@@H](C(C)C)N=C12. The molecule has 0 radical (unpaired) electrons. The van der Waals surface area contributed by atoms with Crippen LogP contribution in [0.2, 0.25) is 0 Å². The lowest BCUT2D eigenvalue weighted by Crippen LogP contribution is -2.50. The van der Waals surface area contributed by atoms with Crippen LogP contribution in [0.1, 0.15) is 60.2 Å². The molecule has 0 N–H and O–H groups in total. The molecule has 12 heteroatoms. The molecule has 3 aliphatic rings. The van der Waals surface area contributed by atoms with Crippen LogP contribution in [0.5, 0.6) is 0 Å². The van der Waals surface area contributed by atoms with E-state index in [0.717, 1.165) is 25.0 Å². The molecule has 2 amide bonds. The van der Waals surface area contributed by atoms with Crippen molar-refractivity contribution >= 4 is 23.6 Å². The molecule has 3 aliphatic heterocycles. The van der Waals surface area contributed by atoms with Crippen LogP contribution in [0.4, 0.5) is 14.6 Å². The number of halogens is 2. The molecule has 0 saturated carbocycles. The van der Waals surface area contributed by atoms with Crippen LogP contribution in [-0.2, 0) is 11.3 Å². The number of benzene rings is 1. The number of hydrogen-bond donors (Lipinski definition) is 0. The van der Waals surface area contributed by atoms with Crippen LogP contribution in [0.15, 0.2) is 41.5 Å². The molecule has 10 nitrogen and oxygen atoms in total. The number of carbonyl (C=O) groups excluding carboxylic acids is 2. The van der Waals surface area contributed by atoms with E-state index in [2.05, 4.69) is 18.8 Å². The van der Waals surface area contributed by atoms with Gasteiger partial charge < -0.3 is 14.2 Å². The Hall–Kier alpha value is -4.19. The van der Waals surface area contributed by atoms with E-state index in [9.17, 15) is 18.4 Å². The van der Waals surface area contributed by atoms with Gasteiger partial charge in [0.25, 0.3) is 11.8 Å². The molecule has 3 aromatic rings. The highest BCUT2D eigenvalue weighted by molar-refractivity contribution is 6.18. The number of nitrogens with zero attached hydrogens (tertiary/aromatic N) is 7. The maximum atomic E-state index is 14.3. The molecule has 1 saturated heterocycles. The summed E-state index contributed by atoms with van der Waals surface area (Å²) in [5, 5.41) is 0. The van der Waals surface area contributed by atoms with E-state index >= 15 is 0 Å². The van der Waals surface area contributed by atoms with Crippen molar-refractivity contribution in [3.8, 4) is 11.4 Å². The highest BCUT2D eigenvalue weighted by atomic mass is 19.2. The van der Waals surface area contributed by atoms with E-state index in [0.29, 0.717) is 54.9 Å². The number of fused-ring (bicyclic) bond motifs is 3. The van der Waals surface area contributed by atoms with Gasteiger partial charge in [0.2, 0.25) is 5.96 Å². The minimum Gasteiger partial charge on any atom is -0.380 e. The predicted molar refractivity (Wildman–Crippen MR) is 157 cm³/mol. The minimum absolute atomic E-state index is 0.0267. The maximum absolute atomic E-state index is 14.3. The van der Waals surface area contributed by atoms with E-state index in [1.807, 2.05) is 16.4 Å². The Balaban J connectivity index is 1.47. The highest BCUT2D eigenvalue weighted by Crippen LogP contribution is 2.37. The van der Waals surface area contributed by atoms with Gasteiger partial charge in [0.05, 0.1) is 25.2 Å². The Labute approximate surface area is 249 Å². The molecule has 6 rings (SSSR count). The molecule has 1 fully saturated rings. The van der Waals surface area contributed by atoms with Gasteiger partial charge in [0.1, 0.15) is 17.3 Å². The maximum Gasteiger partial charge on any atom is 0.283 e. The second kappa shape index (κ2) is 11.5. The number of carbonyl (C=O) groups is 2. The van der Waals surface area contributed by atoms with Gasteiger partial charge in [0.15, 0.2) is 17.3 Å². The molecular formula is C31H35F2N7O3. The zero-order valence-corrected chi connectivity index (χ0v) is 24.8. The van der Waals surface area contributed by atoms with Gasteiger partial charge in [-0.15, -0.1) is 0 Å². The molecule has 226 valence electrons. The van der Waals surface area contributed by atoms with Crippen molar-refractivity contribution in [3.05, 3.63) is 65.1 Å². The summed E-state index contributed by atoms with van der Waals surface area (Å²) < 4.78 is 35.5. The summed E-state index contributed by atoms with van der Waals surface area (Å²) in [5.74, 6) is -0.653. The van der Waals surface area contributed by atoms with Crippen molar-refractivity contribution in [2.45, 2.75) is 52.3 Å². The molecule has 5 heterocycles. The van der Waals surface area contributed by atoms with E-state index < -0.39 is 11.6 Å². The van der Waals surface area contributed by atoms with Gasteiger partial charge >= 0.3 is 0 Å². The van der Waals surface area contributed by atoms with Crippen LogP contribution in [0.3, 0.4) is 0 Å². The van der Waals surface area contributed by atoms with Gasteiger partial charge in [-0.05, 0) is 55.5 Å². The Morgan fingerprint density at radius 1 is 1.14 bits per heavy atom. The summed E-state index contributed by atoms with van der Waals surface area (Å²) in [6.07, 6.45) is 3.25. The molecular weight excluding hydrogens is 556 g/mol. The molecule has 43 heavy (non-hydrogen) atoms. The topological polar surface area (TPSA) is 96.2 Å². The van der Waals surface area contributed by atoms with Crippen molar-refractivity contribution in [1.29, 1.82) is 0 Å². The van der Waals surface area contributed by atoms with Gasteiger partial charge in [-0.3, -0.25) is 24.4 Å². The van der Waals surface area contributed by atoms with Crippen molar-refractivity contribution in [2.75, 3.05) is 38.2 Å². The largest absolute Gasteiger partial charge is 0.380 e. The fraction of sp³-hybridized carbons (Fsp3) is 0.452. The van der Waals surface area contributed by atoms with E-state index in [-0.39, 0.29) is 47.8 Å². The monoisotopic (exact) mass is 591 g/mol. The van der Waals surface area contributed by atoms with Gasteiger partial charge in [0, 0.05) is 38.5 Å². The summed E-state index contributed by atoms with van der Waals surface area (Å²) in [5.41, 5.74) is 1.56. The summed E-state index contributed by atoms with van der Waals surface area (Å²) in [4.78, 5) is 46.7. The van der Waals surface area contributed by atoms with Crippen LogP contribution in [-0.4, -0.2) is 87.5 Å². The van der Waals surface area contributed by atoms with Crippen LogP contribution < -0.4 is 4.90 Å². The van der Waals surface area contributed by atoms with Crippen molar-refractivity contribution in [1.82, 2.24) is 24.3 Å². The van der Waals surface area contributed by atoms with Gasteiger partial charge in [-0.2, -0.15) is 0 Å². The van der Waals surface area contributed by atoms with Crippen molar-refractivity contribution in [3.63, 3.8) is 0 Å². The molecule has 1 aromatic carbocycles. The van der Waals surface area contributed by atoms with Crippen molar-refractivity contribution in [2.24, 2.45) is 10.9 Å². The molecule has 2 atom stereocenters. The van der Waals surface area contributed by atoms with E-state index in [4.69, 9.17) is 14.7 Å². The molecule has 1 unspecified atom stereocenters. The summed E-state index contributed by atoms with van der Waals surface area (Å²) in [6, 6.07) is 7.12. The normalized spacial score (nSPS) is 20.0. The number of anilines is 1. The third kappa shape index (κ3) is 5.17. The third-order valence-corrected chi connectivity index (χ3v) is 8.42. The fourth-order valence-corrected chi connectivity index (χ4v) is 6.00. The van der Waals surface area contributed by atoms with Gasteiger partial charge in [-0.1, -0.05) is 19.9 Å². The molecule has 2 aromatic heterocycles. The first kappa shape index (κ1) is 28.9. The van der Waals surface area contributed by atoms with Gasteiger partial charge in [-0.25, -0.2) is 18.8 Å². The van der Waals surface area contributed by atoms with E-state index in [1.165, 1.54) is 6.07 Å². The number of piperidine rings is 1. The lowest BCUT2D eigenvalue weighted by Gasteiger charge is -2.34. The number of likely N-dealkylation sites (tertiary alicyclic amines) is 1. The quantitative estimate of drug-likeness (QED) is 0.409. The second-order valence-corrected chi connectivity index (χ2v) is 11.5. The number of ether oxygens (including phenoxy) is 1. The first-order valence-electron chi connectivity index (χ1n) is 14.7. The predicted octanol–water partition coefficient (Wildman–Crippen LogP) is 4.20. The number of rotatable bonds is 7. The average molecular weight is 592 g/mol. The fourth-order valence-electron chi connectivity index (χ4n) is 6.00. The second-order valence-electron chi connectivity index (χ2n) is 11.5. The number of methoxy groups -OCH3 is 1. The summed E-state index contributed by atoms with van der Waals surface area (Å²) in [6.45, 7) is 8.22. The zero-order chi connectivity index (χ0) is 30.4. The Morgan fingerprint density at radius 2 is 1.95 bits per heavy atom. The highest BCUT2D eigenvalue weighted by Gasteiger charge is 2.44. The summed E-state index contributed by atoms with van der Waals surface area (Å²) in [7, 11) is 1.65. The minimum atomic E-state index is -0.961. The van der Waals surface area contributed by atoms with Crippen molar-refractivity contribution < 1.29 is 23.1 Å². The lowest BCUT2D eigenvalue weighted by atomic mass is 10.1. The number of pyridine rings is 1. The number of aromatic nitrogens is 3. The third-order valence-electron chi connectivity index (χ3n) is 8.42.